The third kappa shape index (κ3) is 8.99. The van der Waals surface area contributed by atoms with Gasteiger partial charge in [-0.15, -0.1) is 0 Å². The van der Waals surface area contributed by atoms with E-state index in [1.165, 1.54) is 17.0 Å². The Morgan fingerprint density at radius 2 is 1.57 bits per heavy atom. The van der Waals surface area contributed by atoms with E-state index in [-0.39, 0.29) is 18.9 Å². The van der Waals surface area contributed by atoms with Gasteiger partial charge in [-0.25, -0.2) is 8.42 Å². The van der Waals surface area contributed by atoms with E-state index in [1.54, 1.807) is 37.4 Å². The molecule has 0 aromatic heterocycles. The smallest absolute Gasteiger partial charge is 0.244 e. The van der Waals surface area contributed by atoms with Gasteiger partial charge < -0.3 is 15.0 Å². The number of benzene rings is 3. The Hall–Kier alpha value is -3.56. The molecule has 3 aromatic carbocycles. The van der Waals surface area contributed by atoms with Gasteiger partial charge in [0.1, 0.15) is 18.3 Å². The summed E-state index contributed by atoms with van der Waals surface area (Å²) in [5, 5.41) is 3.44. The van der Waals surface area contributed by atoms with Gasteiger partial charge in [0, 0.05) is 23.5 Å². The van der Waals surface area contributed by atoms with Gasteiger partial charge in [-0.2, -0.15) is 0 Å². The average molecular weight is 586 g/mol. The molecule has 0 fully saturated rings. The second-order valence-electron chi connectivity index (χ2n) is 10.6. The van der Waals surface area contributed by atoms with Crippen molar-refractivity contribution in [3.8, 4) is 5.75 Å². The number of ether oxygens (including phenoxy) is 1. The number of hydrogen-bond acceptors (Lipinski definition) is 5. The minimum atomic E-state index is -3.85. The van der Waals surface area contributed by atoms with E-state index in [0.29, 0.717) is 16.5 Å². The molecule has 214 valence electrons. The number of hydrogen-bond donors (Lipinski definition) is 1. The summed E-state index contributed by atoms with van der Waals surface area (Å²) in [6.07, 6.45) is 1.27. The topological polar surface area (TPSA) is 96.0 Å². The number of sulfonamides is 1. The first kappa shape index (κ1) is 31.0. The Morgan fingerprint density at radius 3 is 2.15 bits per heavy atom. The predicted molar refractivity (Wildman–Crippen MR) is 159 cm³/mol. The summed E-state index contributed by atoms with van der Waals surface area (Å²) < 4.78 is 32.0. The first-order valence-corrected chi connectivity index (χ1v) is 15.0. The van der Waals surface area contributed by atoms with Crippen LogP contribution in [0, 0.1) is 0 Å². The molecule has 40 heavy (non-hydrogen) atoms. The first-order valence-electron chi connectivity index (χ1n) is 12.8. The van der Waals surface area contributed by atoms with E-state index < -0.39 is 34.1 Å². The summed E-state index contributed by atoms with van der Waals surface area (Å²) in [6, 6.07) is 21.9. The van der Waals surface area contributed by atoms with E-state index in [4.69, 9.17) is 16.3 Å². The van der Waals surface area contributed by atoms with Crippen LogP contribution in [0.3, 0.4) is 0 Å². The lowest BCUT2D eigenvalue weighted by Gasteiger charge is -2.35. The number of rotatable bonds is 11. The van der Waals surface area contributed by atoms with Crippen LogP contribution in [0.5, 0.6) is 5.75 Å². The van der Waals surface area contributed by atoms with Gasteiger partial charge in [-0.05, 0) is 68.3 Å². The van der Waals surface area contributed by atoms with Gasteiger partial charge in [0.25, 0.3) is 0 Å². The standard InChI is InChI=1S/C30H36ClN3O5S/c1-30(2,3)32-29(36)27(19-22-10-7-6-8-11-22)33(20-23-12-9-13-26(18-23)39-4)28(35)21-34(40(5,37)38)25-16-14-24(31)15-17-25/h6-18,27H,19-21H2,1-5H3,(H,32,36)/t27-/m1/s1. The summed E-state index contributed by atoms with van der Waals surface area (Å²) in [7, 11) is -2.31. The summed E-state index contributed by atoms with van der Waals surface area (Å²) in [6.45, 7) is 5.15. The van der Waals surface area contributed by atoms with Crippen LogP contribution in [-0.4, -0.2) is 56.6 Å². The first-order chi connectivity index (χ1) is 18.8. The maximum absolute atomic E-state index is 14.1. The zero-order chi connectivity index (χ0) is 29.5. The van der Waals surface area contributed by atoms with Crippen molar-refractivity contribution in [3.05, 3.63) is 95.0 Å². The Kier molecular flexibility index (Phi) is 10.2. The molecule has 0 radical (unpaired) electrons. The van der Waals surface area contributed by atoms with Gasteiger partial charge in [-0.1, -0.05) is 54.1 Å². The fraction of sp³-hybridized carbons (Fsp3) is 0.333. The molecule has 0 bridgehead atoms. The monoisotopic (exact) mass is 585 g/mol. The summed E-state index contributed by atoms with van der Waals surface area (Å²) in [5.74, 6) is -0.277. The maximum Gasteiger partial charge on any atom is 0.244 e. The molecule has 0 unspecified atom stereocenters. The molecule has 10 heteroatoms. The van der Waals surface area contributed by atoms with Crippen LogP contribution in [-0.2, 0) is 32.6 Å². The molecule has 0 aliphatic rings. The highest BCUT2D eigenvalue weighted by Crippen LogP contribution is 2.23. The summed E-state index contributed by atoms with van der Waals surface area (Å²) >= 11 is 6.01. The minimum Gasteiger partial charge on any atom is -0.497 e. The molecule has 0 aliphatic carbocycles. The molecule has 3 aromatic rings. The maximum atomic E-state index is 14.1. The van der Waals surface area contributed by atoms with Crippen LogP contribution >= 0.6 is 11.6 Å². The third-order valence-electron chi connectivity index (χ3n) is 6.05. The predicted octanol–water partition coefficient (Wildman–Crippen LogP) is 4.67. The molecule has 8 nitrogen and oxygen atoms in total. The van der Waals surface area contributed by atoms with E-state index in [2.05, 4.69) is 5.32 Å². The second-order valence-corrected chi connectivity index (χ2v) is 12.9. The molecule has 0 aliphatic heterocycles. The Morgan fingerprint density at radius 1 is 0.950 bits per heavy atom. The number of methoxy groups -OCH3 is 1. The van der Waals surface area contributed by atoms with E-state index >= 15 is 0 Å². The van der Waals surface area contributed by atoms with Gasteiger partial charge in [0.2, 0.25) is 21.8 Å². The number of amides is 2. The molecule has 3 rings (SSSR count). The van der Waals surface area contributed by atoms with Crippen molar-refractivity contribution in [1.29, 1.82) is 0 Å². The van der Waals surface area contributed by atoms with E-state index in [1.807, 2.05) is 57.2 Å². The van der Waals surface area contributed by atoms with E-state index in [0.717, 1.165) is 21.7 Å². The number of carbonyl (C=O) groups is 2. The van der Waals surface area contributed by atoms with Crippen molar-refractivity contribution in [2.45, 2.75) is 45.3 Å². The Labute approximate surface area is 241 Å². The normalized spacial score (nSPS) is 12.3. The van der Waals surface area contributed by atoms with Crippen LogP contribution in [0.15, 0.2) is 78.9 Å². The van der Waals surface area contributed by atoms with E-state index in [9.17, 15) is 18.0 Å². The highest BCUT2D eigenvalue weighted by molar-refractivity contribution is 7.92. The van der Waals surface area contributed by atoms with Crippen LogP contribution in [0.25, 0.3) is 0 Å². The van der Waals surface area contributed by atoms with Crippen molar-refractivity contribution >= 4 is 39.1 Å². The van der Waals surface area contributed by atoms with Gasteiger partial charge in [0.05, 0.1) is 19.1 Å². The Bertz CT molecular complexity index is 1410. The minimum absolute atomic E-state index is 0.0588. The number of halogens is 1. The van der Waals surface area contributed by atoms with Gasteiger partial charge >= 0.3 is 0 Å². The number of anilines is 1. The lowest BCUT2D eigenvalue weighted by atomic mass is 10.0. The zero-order valence-corrected chi connectivity index (χ0v) is 25.0. The molecule has 0 spiro atoms. The third-order valence-corrected chi connectivity index (χ3v) is 7.44. The summed E-state index contributed by atoms with van der Waals surface area (Å²) in [5.41, 5.74) is 1.32. The van der Waals surface area contributed by atoms with Crippen molar-refractivity contribution in [1.82, 2.24) is 10.2 Å². The highest BCUT2D eigenvalue weighted by Gasteiger charge is 2.34. The molecule has 1 N–H and O–H groups in total. The van der Waals surface area contributed by atoms with Crippen LogP contribution in [0.1, 0.15) is 31.9 Å². The lowest BCUT2D eigenvalue weighted by molar-refractivity contribution is -0.140. The SMILES string of the molecule is COc1cccc(CN(C(=O)CN(c2ccc(Cl)cc2)S(C)(=O)=O)[C@H](Cc2ccccc2)C(=O)NC(C)(C)C)c1. The highest BCUT2D eigenvalue weighted by atomic mass is 35.5. The van der Waals surface area contributed by atoms with Crippen molar-refractivity contribution < 1.29 is 22.7 Å². The zero-order valence-electron chi connectivity index (χ0n) is 23.4. The molecule has 0 heterocycles. The van der Waals surface area contributed by atoms with Gasteiger partial charge in [0.15, 0.2) is 0 Å². The van der Waals surface area contributed by atoms with Crippen molar-refractivity contribution in [2.24, 2.45) is 0 Å². The average Bonchev–Trinajstić information content (AvgIpc) is 2.89. The molecule has 0 saturated heterocycles. The van der Waals surface area contributed by atoms with Crippen LogP contribution < -0.4 is 14.4 Å². The van der Waals surface area contributed by atoms with Crippen molar-refractivity contribution in [2.75, 3.05) is 24.2 Å². The largest absolute Gasteiger partial charge is 0.497 e. The Balaban J connectivity index is 2.08. The van der Waals surface area contributed by atoms with Gasteiger partial charge in [-0.3, -0.25) is 13.9 Å². The molecular formula is C30H36ClN3O5S. The molecule has 1 atom stereocenters. The fourth-order valence-corrected chi connectivity index (χ4v) is 5.17. The lowest BCUT2D eigenvalue weighted by Crippen LogP contribution is -2.56. The quantitative estimate of drug-likeness (QED) is 0.353. The second kappa shape index (κ2) is 13.2. The number of nitrogens with one attached hydrogen (secondary N) is 1. The number of nitrogens with zero attached hydrogens (tertiary/aromatic N) is 2. The molecule has 2 amide bonds. The van der Waals surface area contributed by atoms with Crippen LogP contribution in [0.2, 0.25) is 5.02 Å². The fourth-order valence-electron chi connectivity index (χ4n) is 4.20. The summed E-state index contributed by atoms with van der Waals surface area (Å²) in [4.78, 5) is 29.3. The number of carbonyl (C=O) groups excluding carboxylic acids is 2. The molecular weight excluding hydrogens is 550 g/mol. The van der Waals surface area contributed by atoms with Crippen molar-refractivity contribution in [3.63, 3.8) is 0 Å². The van der Waals surface area contributed by atoms with Crippen LogP contribution in [0.4, 0.5) is 5.69 Å². The molecule has 0 saturated carbocycles.